The summed E-state index contributed by atoms with van der Waals surface area (Å²) >= 11 is 4.03. The first-order valence-corrected chi connectivity index (χ1v) is 11.1. The molecular weight excluding hydrogens is 412 g/mol. The number of nitrogens with one attached hydrogen (secondary N) is 1. The van der Waals surface area contributed by atoms with Gasteiger partial charge in [-0.1, -0.05) is 48.5 Å². The monoisotopic (exact) mass is 434 g/mol. The quantitative estimate of drug-likeness (QED) is 0.312. The van der Waals surface area contributed by atoms with Crippen molar-refractivity contribution in [1.82, 2.24) is 9.62 Å². The van der Waals surface area contributed by atoms with Crippen LogP contribution in [-0.2, 0) is 19.6 Å². The Balaban J connectivity index is 1.96. The van der Waals surface area contributed by atoms with Crippen molar-refractivity contribution in [3.05, 3.63) is 66.2 Å². The fourth-order valence-corrected chi connectivity index (χ4v) is 5.19. The van der Waals surface area contributed by atoms with Crippen molar-refractivity contribution in [1.29, 1.82) is 0 Å². The van der Waals surface area contributed by atoms with Gasteiger partial charge in [0.25, 0.3) is 5.91 Å². The van der Waals surface area contributed by atoms with E-state index in [-0.39, 0.29) is 29.7 Å². The largest absolute Gasteiger partial charge is 0.381 e. The minimum atomic E-state index is -3.99. The highest BCUT2D eigenvalue weighted by Gasteiger charge is 2.64. The lowest BCUT2D eigenvalue weighted by atomic mass is 10.0. The molecule has 2 aromatic rings. The molecular formula is C20H22N2O5S2. The van der Waals surface area contributed by atoms with Crippen LogP contribution >= 0.6 is 12.6 Å². The average molecular weight is 435 g/mol. The van der Waals surface area contributed by atoms with Gasteiger partial charge < -0.3 is 14.8 Å². The van der Waals surface area contributed by atoms with Gasteiger partial charge in [-0.2, -0.15) is 12.6 Å². The van der Waals surface area contributed by atoms with Crippen molar-refractivity contribution >= 4 is 34.8 Å². The van der Waals surface area contributed by atoms with Gasteiger partial charge in [-0.05, 0) is 24.1 Å². The highest BCUT2D eigenvalue weighted by Crippen LogP contribution is 2.54. The van der Waals surface area contributed by atoms with Crippen molar-refractivity contribution < 1.29 is 23.1 Å². The smallest absolute Gasteiger partial charge is 0.254 e. The highest BCUT2D eigenvalue weighted by atomic mass is 32.2. The number of hydrogen-bond donors (Lipinski definition) is 3. The number of sulfonamides is 1. The van der Waals surface area contributed by atoms with Gasteiger partial charge in [-0.15, -0.1) is 0 Å². The third-order valence-electron chi connectivity index (χ3n) is 5.08. The molecule has 1 fully saturated rings. The van der Waals surface area contributed by atoms with Crippen LogP contribution in [0.25, 0.3) is 0 Å². The number of thiol groups is 1. The molecule has 0 saturated heterocycles. The lowest BCUT2D eigenvalue weighted by Gasteiger charge is -2.28. The van der Waals surface area contributed by atoms with Crippen LogP contribution in [0.15, 0.2) is 65.6 Å². The van der Waals surface area contributed by atoms with Crippen molar-refractivity contribution in [3.8, 4) is 0 Å². The molecule has 29 heavy (non-hydrogen) atoms. The second-order valence-electron chi connectivity index (χ2n) is 6.90. The first-order valence-electron chi connectivity index (χ1n) is 9.01. The molecule has 3 rings (SSSR count). The van der Waals surface area contributed by atoms with E-state index in [4.69, 9.17) is 0 Å². The van der Waals surface area contributed by atoms with E-state index in [0.29, 0.717) is 6.29 Å². The number of rotatable bonds is 9. The number of carbonyl (C=O) groups is 2. The summed E-state index contributed by atoms with van der Waals surface area (Å²) in [6, 6.07) is 16.9. The zero-order valence-corrected chi connectivity index (χ0v) is 17.2. The summed E-state index contributed by atoms with van der Waals surface area (Å²) in [5.41, 5.74) is -0.597. The summed E-state index contributed by atoms with van der Waals surface area (Å²) in [6.45, 7) is -0.239. The maximum atomic E-state index is 12.9. The second kappa shape index (κ2) is 8.66. The Hall–Kier alpha value is -2.20. The summed E-state index contributed by atoms with van der Waals surface area (Å²) in [5.74, 6) is -1.22. The topological polar surface area (TPSA) is 104 Å². The first kappa shape index (κ1) is 21.5. The van der Waals surface area contributed by atoms with Crippen LogP contribution in [0, 0.1) is 0 Å². The Morgan fingerprint density at radius 2 is 1.79 bits per heavy atom. The number of amides is 1. The molecule has 0 aliphatic heterocycles. The van der Waals surface area contributed by atoms with Gasteiger partial charge in [-0.3, -0.25) is 4.79 Å². The van der Waals surface area contributed by atoms with Crippen molar-refractivity contribution in [3.63, 3.8) is 0 Å². The summed E-state index contributed by atoms with van der Waals surface area (Å²) < 4.78 is 28.4. The van der Waals surface area contributed by atoms with Crippen molar-refractivity contribution in [2.45, 2.75) is 28.9 Å². The number of hydrogen-bond acceptors (Lipinski definition) is 6. The molecule has 1 amide bonds. The molecule has 154 valence electrons. The summed E-state index contributed by atoms with van der Waals surface area (Å²) in [4.78, 5) is 24.7. The van der Waals surface area contributed by atoms with E-state index in [1.165, 1.54) is 12.1 Å². The van der Waals surface area contributed by atoms with E-state index in [9.17, 15) is 23.1 Å². The number of nitrogens with zero attached hydrogens (tertiary/aromatic N) is 1. The molecule has 0 bridgehead atoms. The maximum Gasteiger partial charge on any atom is 0.254 e. The van der Waals surface area contributed by atoms with E-state index in [1.807, 2.05) is 30.3 Å². The Kier molecular flexibility index (Phi) is 6.42. The van der Waals surface area contributed by atoms with Crippen molar-refractivity contribution in [2.24, 2.45) is 0 Å². The van der Waals surface area contributed by atoms with Gasteiger partial charge in [0, 0.05) is 5.92 Å². The second-order valence-corrected chi connectivity index (χ2v) is 8.86. The fourth-order valence-electron chi connectivity index (χ4n) is 3.46. The number of benzene rings is 2. The first-order chi connectivity index (χ1) is 13.9. The van der Waals surface area contributed by atoms with Gasteiger partial charge in [-0.25, -0.2) is 13.1 Å². The van der Waals surface area contributed by atoms with Crippen molar-refractivity contribution in [2.75, 3.05) is 12.4 Å². The lowest BCUT2D eigenvalue weighted by molar-refractivity contribution is -0.142. The Bertz CT molecular complexity index is 969. The zero-order chi connectivity index (χ0) is 21.1. The Morgan fingerprint density at radius 3 is 2.34 bits per heavy atom. The molecule has 0 aromatic heterocycles. The minimum absolute atomic E-state index is 0.0386. The highest BCUT2D eigenvalue weighted by molar-refractivity contribution is 7.89. The molecule has 1 aliphatic rings. The average Bonchev–Trinajstić information content (AvgIpc) is 3.46. The molecule has 3 atom stereocenters. The number of aliphatic hydroxyl groups excluding tert-OH is 1. The van der Waals surface area contributed by atoms with Crippen LogP contribution in [-0.4, -0.2) is 54.7 Å². The van der Waals surface area contributed by atoms with Crippen LogP contribution < -0.4 is 4.72 Å². The SMILES string of the molecule is O=CCN(CS)C(=O)[C@@H](O)[C@]1(NS(=O)(=O)c2ccccc2)CC1c1ccccc1. The Morgan fingerprint density at radius 1 is 1.21 bits per heavy atom. The third kappa shape index (κ3) is 4.37. The van der Waals surface area contributed by atoms with E-state index < -0.39 is 27.6 Å². The normalized spacial score (nSPS) is 21.9. The molecule has 1 saturated carbocycles. The molecule has 0 spiro atoms. The predicted molar refractivity (Wildman–Crippen MR) is 111 cm³/mol. The summed E-state index contributed by atoms with van der Waals surface area (Å²) in [6.07, 6.45) is -0.890. The predicted octanol–water partition coefficient (Wildman–Crippen LogP) is 1.17. The Labute approximate surface area is 175 Å². The molecule has 2 N–H and O–H groups in total. The molecule has 0 heterocycles. The summed E-state index contributed by atoms with van der Waals surface area (Å²) in [7, 11) is -3.99. The third-order valence-corrected chi connectivity index (χ3v) is 6.97. The molecule has 2 aromatic carbocycles. The van der Waals surface area contributed by atoms with E-state index in [2.05, 4.69) is 17.4 Å². The minimum Gasteiger partial charge on any atom is -0.381 e. The van der Waals surface area contributed by atoms with Gasteiger partial charge in [0.2, 0.25) is 10.0 Å². The molecule has 1 unspecified atom stereocenters. The van der Waals surface area contributed by atoms with Gasteiger partial charge >= 0.3 is 0 Å². The standard InChI is InChI=1S/C20H22N2O5S2/c23-12-11-22(14-28)19(25)18(24)20(13-17(20)15-7-3-1-4-8-15)21-29(26,27)16-9-5-2-6-10-16/h1-10,12,17-18,21,24,28H,11,13-14H2/t17?,18-,20+/m1/s1. The van der Waals surface area contributed by atoms with Gasteiger partial charge in [0.15, 0.2) is 6.10 Å². The molecule has 1 aliphatic carbocycles. The van der Waals surface area contributed by atoms with E-state index >= 15 is 0 Å². The van der Waals surface area contributed by atoms with Crippen LogP contribution in [0.1, 0.15) is 17.9 Å². The zero-order valence-electron chi connectivity index (χ0n) is 15.5. The molecule has 7 nitrogen and oxygen atoms in total. The number of carbonyl (C=O) groups excluding carboxylic acids is 2. The maximum absolute atomic E-state index is 12.9. The molecule has 0 radical (unpaired) electrons. The van der Waals surface area contributed by atoms with E-state index in [0.717, 1.165) is 10.5 Å². The van der Waals surface area contributed by atoms with Crippen LogP contribution in [0.2, 0.25) is 0 Å². The fraction of sp³-hybridized carbons (Fsp3) is 0.300. The van der Waals surface area contributed by atoms with Crippen LogP contribution in [0.3, 0.4) is 0 Å². The van der Waals surface area contributed by atoms with Crippen LogP contribution in [0.4, 0.5) is 0 Å². The van der Waals surface area contributed by atoms with Gasteiger partial charge in [0.05, 0.1) is 22.9 Å². The summed E-state index contributed by atoms with van der Waals surface area (Å²) in [5, 5.41) is 10.9. The lowest BCUT2D eigenvalue weighted by Crippen LogP contribution is -2.54. The number of aldehydes is 1. The van der Waals surface area contributed by atoms with Crippen LogP contribution in [0.5, 0.6) is 0 Å². The molecule has 9 heteroatoms. The number of aliphatic hydroxyl groups is 1. The van der Waals surface area contributed by atoms with E-state index in [1.54, 1.807) is 18.2 Å². The van der Waals surface area contributed by atoms with Gasteiger partial charge in [0.1, 0.15) is 6.29 Å².